The molecule has 0 saturated carbocycles. The van der Waals surface area contributed by atoms with Crippen molar-refractivity contribution in [2.75, 3.05) is 6.61 Å². The number of halogens is 4. The summed E-state index contributed by atoms with van der Waals surface area (Å²) in [6.45, 7) is -1.44. The molecule has 7 heteroatoms. The SMILES string of the molecule is O=C/C=C/C=C/c1ccc(OCC(F)(F)C(F)F)nc1. The van der Waals surface area contributed by atoms with E-state index in [-0.39, 0.29) is 5.88 Å². The summed E-state index contributed by atoms with van der Waals surface area (Å²) in [5.74, 6) is -4.38. The standard InChI is InChI=1S/C13H11F4NO2/c14-12(15)13(16,17)9-20-11-6-5-10(8-18-11)4-2-1-3-7-19/h1-8,12H,9H2/b3-1+,4-2+. The molecular formula is C13H11F4NO2. The maximum atomic E-state index is 12.6. The molecule has 0 bridgehead atoms. The Bertz CT molecular complexity index is 484. The Morgan fingerprint density at radius 2 is 2.00 bits per heavy atom. The van der Waals surface area contributed by atoms with Crippen molar-refractivity contribution in [2.45, 2.75) is 12.3 Å². The van der Waals surface area contributed by atoms with E-state index >= 15 is 0 Å². The van der Waals surface area contributed by atoms with Crippen LogP contribution in [0.5, 0.6) is 5.88 Å². The highest BCUT2D eigenvalue weighted by molar-refractivity contribution is 5.66. The van der Waals surface area contributed by atoms with Crippen molar-refractivity contribution in [1.82, 2.24) is 4.98 Å². The van der Waals surface area contributed by atoms with Crippen molar-refractivity contribution < 1.29 is 27.1 Å². The first kappa shape index (κ1) is 15.9. The number of hydrogen-bond acceptors (Lipinski definition) is 3. The molecular weight excluding hydrogens is 278 g/mol. The average molecular weight is 289 g/mol. The van der Waals surface area contributed by atoms with E-state index < -0.39 is 19.0 Å². The van der Waals surface area contributed by atoms with Crippen LogP contribution in [0.3, 0.4) is 0 Å². The van der Waals surface area contributed by atoms with Gasteiger partial charge in [0.2, 0.25) is 5.88 Å². The molecule has 0 atom stereocenters. The third-order valence-corrected chi connectivity index (χ3v) is 2.08. The Hall–Kier alpha value is -2.18. The highest BCUT2D eigenvalue weighted by Crippen LogP contribution is 2.23. The second-order valence-corrected chi connectivity index (χ2v) is 3.66. The van der Waals surface area contributed by atoms with Crippen molar-refractivity contribution in [3.63, 3.8) is 0 Å². The lowest BCUT2D eigenvalue weighted by Crippen LogP contribution is -2.33. The molecule has 0 aliphatic rings. The predicted octanol–water partition coefficient (Wildman–Crippen LogP) is 3.13. The molecule has 0 fully saturated rings. The predicted molar refractivity (Wildman–Crippen MR) is 64.9 cm³/mol. The van der Waals surface area contributed by atoms with Crippen LogP contribution in [0, 0.1) is 0 Å². The van der Waals surface area contributed by atoms with Gasteiger partial charge >= 0.3 is 12.3 Å². The Morgan fingerprint density at radius 3 is 2.55 bits per heavy atom. The zero-order chi connectivity index (χ0) is 15.0. The second-order valence-electron chi connectivity index (χ2n) is 3.66. The fraction of sp³-hybridized carbons (Fsp3) is 0.231. The van der Waals surface area contributed by atoms with Crippen molar-refractivity contribution in [3.8, 4) is 5.88 Å². The van der Waals surface area contributed by atoms with Crippen LogP contribution < -0.4 is 4.74 Å². The first-order chi connectivity index (χ1) is 9.45. The van der Waals surface area contributed by atoms with Gasteiger partial charge in [-0.2, -0.15) is 8.78 Å². The molecule has 108 valence electrons. The zero-order valence-electron chi connectivity index (χ0n) is 10.2. The van der Waals surface area contributed by atoms with Crippen molar-refractivity contribution in [1.29, 1.82) is 0 Å². The van der Waals surface area contributed by atoms with E-state index in [0.717, 1.165) is 0 Å². The van der Waals surface area contributed by atoms with Gasteiger partial charge in [-0.05, 0) is 17.7 Å². The van der Waals surface area contributed by atoms with Gasteiger partial charge < -0.3 is 4.74 Å². The second kappa shape index (κ2) is 7.42. The lowest BCUT2D eigenvalue weighted by atomic mass is 10.2. The van der Waals surface area contributed by atoms with Crippen LogP contribution in [-0.4, -0.2) is 30.2 Å². The van der Waals surface area contributed by atoms with Crippen molar-refractivity contribution >= 4 is 12.4 Å². The summed E-state index contributed by atoms with van der Waals surface area (Å²) >= 11 is 0. The minimum atomic E-state index is -4.21. The number of allylic oxidation sites excluding steroid dienone is 3. The lowest BCUT2D eigenvalue weighted by Gasteiger charge is -2.15. The average Bonchev–Trinajstić information content (AvgIpc) is 2.42. The summed E-state index contributed by atoms with van der Waals surface area (Å²) in [7, 11) is 0. The van der Waals surface area contributed by atoms with Gasteiger partial charge in [-0.25, -0.2) is 13.8 Å². The number of nitrogens with zero attached hydrogens (tertiary/aromatic N) is 1. The number of aromatic nitrogens is 1. The fourth-order valence-electron chi connectivity index (χ4n) is 1.09. The van der Waals surface area contributed by atoms with Gasteiger partial charge in [0, 0.05) is 12.3 Å². The third kappa shape index (κ3) is 5.21. The molecule has 0 N–H and O–H groups in total. The number of carbonyl (C=O) groups excluding carboxylic acids is 1. The van der Waals surface area contributed by atoms with Gasteiger partial charge in [0.1, 0.15) is 6.29 Å². The van der Waals surface area contributed by atoms with Crippen LogP contribution in [0.25, 0.3) is 6.08 Å². The van der Waals surface area contributed by atoms with Crippen LogP contribution in [0.15, 0.2) is 36.6 Å². The van der Waals surface area contributed by atoms with Gasteiger partial charge in [0.15, 0.2) is 6.61 Å². The van der Waals surface area contributed by atoms with Gasteiger partial charge in [0.05, 0.1) is 0 Å². The molecule has 0 saturated heterocycles. The summed E-state index contributed by atoms with van der Waals surface area (Å²) in [6, 6.07) is 2.79. The number of rotatable bonds is 7. The summed E-state index contributed by atoms with van der Waals surface area (Å²) in [6.07, 6.45) is 4.13. The molecule has 0 aliphatic carbocycles. The first-order valence-electron chi connectivity index (χ1n) is 5.49. The lowest BCUT2D eigenvalue weighted by molar-refractivity contribution is -0.148. The van der Waals surface area contributed by atoms with Gasteiger partial charge in [-0.15, -0.1) is 0 Å². The first-order valence-corrected chi connectivity index (χ1v) is 5.49. The normalized spacial score (nSPS) is 12.4. The summed E-state index contributed by atoms with van der Waals surface area (Å²) in [5, 5.41) is 0. The molecule has 1 aromatic heterocycles. The number of ether oxygens (including phenoxy) is 1. The number of aldehydes is 1. The van der Waals surface area contributed by atoms with Crippen LogP contribution in [0.4, 0.5) is 17.6 Å². The minimum absolute atomic E-state index is 0.175. The van der Waals surface area contributed by atoms with Crippen molar-refractivity contribution in [2.24, 2.45) is 0 Å². The molecule has 0 aliphatic heterocycles. The van der Waals surface area contributed by atoms with Crippen LogP contribution in [0.1, 0.15) is 5.56 Å². The molecule has 0 radical (unpaired) electrons. The smallest absolute Gasteiger partial charge is 0.340 e. The maximum absolute atomic E-state index is 12.6. The van der Waals surface area contributed by atoms with Crippen molar-refractivity contribution in [3.05, 3.63) is 42.1 Å². The van der Waals surface area contributed by atoms with Gasteiger partial charge in [0.25, 0.3) is 0 Å². The number of hydrogen-bond donors (Lipinski definition) is 0. The number of pyridine rings is 1. The number of carbonyl (C=O) groups is 1. The van der Waals surface area contributed by atoms with E-state index in [1.807, 2.05) is 0 Å². The summed E-state index contributed by atoms with van der Waals surface area (Å²) < 4.78 is 53.5. The minimum Gasteiger partial charge on any atom is -0.471 e. The molecule has 0 spiro atoms. The van der Waals surface area contributed by atoms with E-state index in [1.54, 1.807) is 12.2 Å². The van der Waals surface area contributed by atoms with E-state index in [2.05, 4.69) is 9.72 Å². The Labute approximate surface area is 112 Å². The largest absolute Gasteiger partial charge is 0.471 e. The Kier molecular flexibility index (Phi) is 5.89. The maximum Gasteiger partial charge on any atom is 0.340 e. The van der Waals surface area contributed by atoms with Crippen LogP contribution in [0.2, 0.25) is 0 Å². The molecule has 1 heterocycles. The van der Waals surface area contributed by atoms with Crippen LogP contribution in [-0.2, 0) is 4.79 Å². The molecule has 20 heavy (non-hydrogen) atoms. The molecule has 1 rings (SSSR count). The zero-order valence-corrected chi connectivity index (χ0v) is 10.2. The summed E-state index contributed by atoms with van der Waals surface area (Å²) in [4.78, 5) is 13.7. The third-order valence-electron chi connectivity index (χ3n) is 2.08. The molecule has 3 nitrogen and oxygen atoms in total. The van der Waals surface area contributed by atoms with E-state index in [0.29, 0.717) is 11.8 Å². The Morgan fingerprint density at radius 1 is 1.25 bits per heavy atom. The summed E-state index contributed by atoms with van der Waals surface area (Å²) in [5.41, 5.74) is 0.633. The highest BCUT2D eigenvalue weighted by atomic mass is 19.3. The molecule has 0 unspecified atom stereocenters. The Balaban J connectivity index is 2.57. The number of alkyl halides is 4. The monoisotopic (exact) mass is 289 g/mol. The quantitative estimate of drug-likeness (QED) is 0.335. The topological polar surface area (TPSA) is 39.2 Å². The van der Waals surface area contributed by atoms with E-state index in [1.165, 1.54) is 30.5 Å². The van der Waals surface area contributed by atoms with E-state index in [4.69, 9.17) is 0 Å². The van der Waals surface area contributed by atoms with Crippen LogP contribution >= 0.6 is 0 Å². The van der Waals surface area contributed by atoms with E-state index in [9.17, 15) is 22.4 Å². The molecule has 0 aromatic carbocycles. The highest BCUT2D eigenvalue weighted by Gasteiger charge is 2.41. The molecule has 1 aromatic rings. The fourth-order valence-corrected chi connectivity index (χ4v) is 1.09. The molecule has 0 amide bonds. The van der Waals surface area contributed by atoms with Gasteiger partial charge in [-0.3, -0.25) is 4.79 Å². The van der Waals surface area contributed by atoms with Gasteiger partial charge in [-0.1, -0.05) is 18.2 Å².